The molecule has 1 unspecified atom stereocenters. The fourth-order valence-corrected chi connectivity index (χ4v) is 10.6. The number of rotatable bonds is 5. The molecule has 1 aliphatic heterocycles. The topological polar surface area (TPSA) is 52.6 Å². The van der Waals surface area contributed by atoms with Gasteiger partial charge >= 0.3 is 0 Å². The molecule has 3 aromatic rings. The molecule has 1 heterocycles. The molecule has 0 bridgehead atoms. The van der Waals surface area contributed by atoms with Crippen LogP contribution in [0.3, 0.4) is 0 Å². The summed E-state index contributed by atoms with van der Waals surface area (Å²) in [4.78, 5) is 25.7. The van der Waals surface area contributed by atoms with Crippen LogP contribution in [0.2, 0.25) is 5.04 Å². The number of Topliss-reactive ketones (excluding diaryl/α,β-unsaturated/α-hetero) is 2. The Morgan fingerprint density at radius 3 is 1.94 bits per heavy atom. The molecule has 0 N–H and O–H groups in total. The molecule has 0 saturated heterocycles. The SMILES string of the molecule is CC(C)(C)[Si](OCC1CSC2=C(O1)c1ccccc1C(=O)C2=O)(c1ccccc1)c1ccccc1. The molecule has 0 saturated carbocycles. The Morgan fingerprint density at radius 1 is 0.829 bits per heavy atom. The number of hydrogen-bond donors (Lipinski definition) is 0. The van der Waals surface area contributed by atoms with Crippen LogP contribution >= 0.6 is 11.8 Å². The van der Waals surface area contributed by atoms with Gasteiger partial charge < -0.3 is 9.16 Å². The van der Waals surface area contributed by atoms with Crippen LogP contribution in [0, 0.1) is 0 Å². The third kappa shape index (κ3) is 4.09. The molecule has 0 radical (unpaired) electrons. The number of ether oxygens (including phenoxy) is 1. The van der Waals surface area contributed by atoms with Gasteiger partial charge in [0.25, 0.3) is 8.32 Å². The summed E-state index contributed by atoms with van der Waals surface area (Å²) >= 11 is 1.40. The summed E-state index contributed by atoms with van der Waals surface area (Å²) in [7, 11) is -2.70. The van der Waals surface area contributed by atoms with Crippen molar-refractivity contribution in [2.75, 3.05) is 12.4 Å². The Hall–Kier alpha value is -2.93. The number of thioether (sulfide) groups is 1. The van der Waals surface area contributed by atoms with E-state index in [1.807, 2.05) is 24.3 Å². The van der Waals surface area contributed by atoms with Crippen LogP contribution in [0.15, 0.2) is 89.8 Å². The lowest BCUT2D eigenvalue weighted by atomic mass is 9.93. The summed E-state index contributed by atoms with van der Waals surface area (Å²) in [5.41, 5.74) is 1.10. The molecule has 2 aliphatic rings. The lowest BCUT2D eigenvalue weighted by Crippen LogP contribution is -2.67. The summed E-state index contributed by atoms with van der Waals surface area (Å²) in [5, 5.41) is 2.29. The maximum atomic E-state index is 12.7. The van der Waals surface area contributed by atoms with E-state index >= 15 is 0 Å². The summed E-state index contributed by atoms with van der Waals surface area (Å²) < 4.78 is 13.4. The highest BCUT2D eigenvalue weighted by Gasteiger charge is 2.51. The van der Waals surface area contributed by atoms with Gasteiger partial charge in [0.05, 0.1) is 6.61 Å². The first kappa shape index (κ1) is 23.8. The highest BCUT2D eigenvalue weighted by Crippen LogP contribution is 2.42. The van der Waals surface area contributed by atoms with Crippen LogP contribution in [0.25, 0.3) is 5.76 Å². The summed E-state index contributed by atoms with van der Waals surface area (Å²) in [6.45, 7) is 7.13. The lowest BCUT2D eigenvalue weighted by Gasteiger charge is -2.44. The number of fused-ring (bicyclic) bond motifs is 2. The predicted molar refractivity (Wildman–Crippen MR) is 144 cm³/mol. The van der Waals surface area contributed by atoms with E-state index in [1.165, 1.54) is 22.1 Å². The molecule has 5 rings (SSSR count). The Kier molecular flexibility index (Phi) is 6.30. The molecule has 1 aliphatic carbocycles. The van der Waals surface area contributed by atoms with Gasteiger partial charge in [0.1, 0.15) is 16.8 Å². The van der Waals surface area contributed by atoms with Crippen LogP contribution in [-0.4, -0.2) is 38.3 Å². The molecule has 3 aromatic carbocycles. The van der Waals surface area contributed by atoms with E-state index in [1.54, 1.807) is 12.1 Å². The third-order valence-corrected chi connectivity index (χ3v) is 12.8. The van der Waals surface area contributed by atoms with Gasteiger partial charge in [-0.25, -0.2) is 0 Å². The molecule has 1 atom stereocenters. The van der Waals surface area contributed by atoms with E-state index in [4.69, 9.17) is 9.16 Å². The number of ketones is 2. The first-order chi connectivity index (χ1) is 16.8. The van der Waals surface area contributed by atoms with E-state index in [0.717, 1.165) is 0 Å². The normalized spacial score (nSPS) is 18.1. The minimum atomic E-state index is -2.70. The fraction of sp³-hybridized carbons (Fsp3) is 0.241. The summed E-state index contributed by atoms with van der Waals surface area (Å²) in [6, 6.07) is 28.2. The van der Waals surface area contributed by atoms with Gasteiger partial charge in [0.15, 0.2) is 0 Å². The molecule has 0 fully saturated rings. The minimum Gasteiger partial charge on any atom is -0.485 e. The fourth-order valence-electron chi connectivity index (χ4n) is 5.02. The first-order valence-corrected chi connectivity index (χ1v) is 14.7. The van der Waals surface area contributed by atoms with E-state index in [-0.39, 0.29) is 11.1 Å². The van der Waals surface area contributed by atoms with Gasteiger partial charge in [-0.2, -0.15) is 0 Å². The first-order valence-electron chi connectivity index (χ1n) is 11.8. The Balaban J connectivity index is 1.49. The van der Waals surface area contributed by atoms with Crippen LogP contribution in [-0.2, 0) is 14.0 Å². The Labute approximate surface area is 211 Å². The highest BCUT2D eigenvalue weighted by molar-refractivity contribution is 8.04. The maximum Gasteiger partial charge on any atom is 0.261 e. The van der Waals surface area contributed by atoms with Crippen molar-refractivity contribution in [1.82, 2.24) is 0 Å². The third-order valence-electron chi connectivity index (χ3n) is 6.64. The lowest BCUT2D eigenvalue weighted by molar-refractivity contribution is -0.111. The van der Waals surface area contributed by atoms with Crippen molar-refractivity contribution in [2.24, 2.45) is 0 Å². The van der Waals surface area contributed by atoms with Crippen molar-refractivity contribution in [2.45, 2.75) is 31.9 Å². The van der Waals surface area contributed by atoms with Gasteiger partial charge in [-0.05, 0) is 15.4 Å². The van der Waals surface area contributed by atoms with Gasteiger partial charge in [-0.15, -0.1) is 11.8 Å². The molecular weight excluding hydrogens is 472 g/mol. The van der Waals surface area contributed by atoms with Crippen molar-refractivity contribution in [1.29, 1.82) is 0 Å². The second-order valence-corrected chi connectivity index (χ2v) is 15.2. The zero-order chi connectivity index (χ0) is 24.6. The highest BCUT2D eigenvalue weighted by atomic mass is 32.2. The average molecular weight is 501 g/mol. The van der Waals surface area contributed by atoms with Crippen LogP contribution in [0.1, 0.15) is 36.7 Å². The molecule has 6 heteroatoms. The number of allylic oxidation sites excluding steroid dienone is 1. The molecular formula is C29H28O4SSi. The standard InChI is InChI=1S/C29H28O4SSi/c1-29(2,3)35(21-12-6-4-7-13-21,22-14-8-5-9-15-22)32-18-20-19-34-28-26(31)25(30)23-16-10-11-17-24(23)27(28)33-20/h4-17,20H,18-19H2,1-3H3. The summed E-state index contributed by atoms with van der Waals surface area (Å²) in [5.74, 6) is 0.128. The average Bonchev–Trinajstić information content (AvgIpc) is 2.88. The number of benzene rings is 3. The van der Waals surface area contributed by atoms with E-state index in [2.05, 4.69) is 69.3 Å². The molecule has 0 aromatic heterocycles. The Morgan fingerprint density at radius 2 is 1.37 bits per heavy atom. The number of hydrogen-bond acceptors (Lipinski definition) is 5. The molecule has 4 nitrogen and oxygen atoms in total. The largest absolute Gasteiger partial charge is 0.485 e. The quantitative estimate of drug-likeness (QED) is 0.371. The maximum absolute atomic E-state index is 12.7. The van der Waals surface area contributed by atoms with Gasteiger partial charge in [-0.3, -0.25) is 9.59 Å². The summed E-state index contributed by atoms with van der Waals surface area (Å²) in [6.07, 6.45) is -0.241. The number of carbonyl (C=O) groups is 2. The van der Waals surface area contributed by atoms with Crippen LogP contribution in [0.5, 0.6) is 0 Å². The number of carbonyl (C=O) groups excluding carboxylic acids is 2. The second-order valence-electron chi connectivity index (χ2n) is 9.89. The smallest absolute Gasteiger partial charge is 0.261 e. The monoisotopic (exact) mass is 500 g/mol. The van der Waals surface area contributed by atoms with E-state index in [0.29, 0.717) is 34.2 Å². The molecule has 0 spiro atoms. The minimum absolute atomic E-state index is 0.137. The van der Waals surface area contributed by atoms with Crippen molar-refractivity contribution in [3.05, 3.63) is 101 Å². The van der Waals surface area contributed by atoms with Gasteiger partial charge in [0.2, 0.25) is 11.6 Å². The van der Waals surface area contributed by atoms with Gasteiger partial charge in [-0.1, -0.05) is 106 Å². The molecule has 35 heavy (non-hydrogen) atoms. The van der Waals surface area contributed by atoms with Crippen LogP contribution < -0.4 is 10.4 Å². The molecule has 0 amide bonds. The van der Waals surface area contributed by atoms with Crippen molar-refractivity contribution < 1.29 is 18.8 Å². The predicted octanol–water partition coefficient (Wildman–Crippen LogP) is 4.83. The van der Waals surface area contributed by atoms with Crippen LogP contribution in [0.4, 0.5) is 0 Å². The zero-order valence-electron chi connectivity index (χ0n) is 20.1. The Bertz CT molecular complexity index is 1260. The second kappa shape index (κ2) is 9.26. The van der Waals surface area contributed by atoms with Crippen molar-refractivity contribution in [3.8, 4) is 0 Å². The van der Waals surface area contributed by atoms with Crippen molar-refractivity contribution in [3.63, 3.8) is 0 Å². The van der Waals surface area contributed by atoms with E-state index < -0.39 is 19.9 Å². The molecule has 178 valence electrons. The zero-order valence-corrected chi connectivity index (χ0v) is 21.9. The van der Waals surface area contributed by atoms with Crippen molar-refractivity contribution >= 4 is 47.8 Å². The van der Waals surface area contributed by atoms with E-state index in [9.17, 15) is 9.59 Å². The van der Waals surface area contributed by atoms with Gasteiger partial charge in [0, 0.05) is 16.9 Å².